The van der Waals surface area contributed by atoms with Crippen LogP contribution in [0.1, 0.15) is 52.9 Å². The maximum atomic E-state index is 3.49. The fraction of sp³-hybridized carbons (Fsp3) is 1.00. The predicted molar refractivity (Wildman–Crippen MR) is 71.8 cm³/mol. The molecule has 16 heavy (non-hydrogen) atoms. The summed E-state index contributed by atoms with van der Waals surface area (Å²) in [6, 6.07) is 0. The van der Waals surface area contributed by atoms with E-state index in [1.807, 2.05) is 0 Å². The third-order valence-corrected chi connectivity index (χ3v) is 4.42. The highest BCUT2D eigenvalue weighted by Crippen LogP contribution is 2.37. The van der Waals surface area contributed by atoms with Gasteiger partial charge in [0.25, 0.3) is 0 Å². The highest BCUT2D eigenvalue weighted by molar-refractivity contribution is 4.83. The van der Waals surface area contributed by atoms with Crippen molar-refractivity contribution in [3.8, 4) is 0 Å². The molecule has 0 bridgehead atoms. The van der Waals surface area contributed by atoms with Crippen LogP contribution >= 0.6 is 0 Å². The Labute approximate surface area is 102 Å². The Morgan fingerprint density at radius 1 is 1.12 bits per heavy atom. The van der Waals surface area contributed by atoms with Crippen LogP contribution in [0.3, 0.4) is 0 Å². The zero-order valence-corrected chi connectivity index (χ0v) is 11.5. The van der Waals surface area contributed by atoms with Gasteiger partial charge in [0.1, 0.15) is 0 Å². The second-order valence-corrected chi connectivity index (χ2v) is 5.24. The molecule has 1 aliphatic rings. The molecule has 0 aromatic rings. The van der Waals surface area contributed by atoms with Crippen LogP contribution in [0.4, 0.5) is 0 Å². The first-order valence-electron chi connectivity index (χ1n) is 7.19. The summed E-state index contributed by atoms with van der Waals surface area (Å²) in [5.41, 5.74) is 0.631. The highest BCUT2D eigenvalue weighted by Gasteiger charge is 2.29. The van der Waals surface area contributed by atoms with Crippen LogP contribution in [-0.2, 0) is 0 Å². The van der Waals surface area contributed by atoms with Gasteiger partial charge in [0, 0.05) is 0 Å². The van der Waals surface area contributed by atoms with E-state index in [4.69, 9.17) is 0 Å². The van der Waals surface area contributed by atoms with Crippen LogP contribution in [0.5, 0.6) is 0 Å². The minimum atomic E-state index is 0.631. The zero-order valence-electron chi connectivity index (χ0n) is 11.5. The van der Waals surface area contributed by atoms with Gasteiger partial charge in [0.15, 0.2) is 0 Å². The molecule has 1 saturated heterocycles. The van der Waals surface area contributed by atoms with Gasteiger partial charge in [-0.05, 0) is 63.8 Å². The van der Waals surface area contributed by atoms with E-state index in [9.17, 15) is 0 Å². The summed E-state index contributed by atoms with van der Waals surface area (Å²) in [6.07, 6.45) is 6.97. The van der Waals surface area contributed by atoms with Crippen molar-refractivity contribution in [2.24, 2.45) is 5.41 Å². The first-order valence-corrected chi connectivity index (χ1v) is 7.19. The molecule has 0 aromatic carbocycles. The van der Waals surface area contributed by atoms with Crippen molar-refractivity contribution in [1.82, 2.24) is 10.2 Å². The van der Waals surface area contributed by atoms with E-state index in [2.05, 4.69) is 31.0 Å². The molecule has 2 heteroatoms. The number of likely N-dealkylation sites (tertiary alicyclic amines) is 1. The molecule has 0 spiro atoms. The normalized spacial score (nSPS) is 27.9. The molecule has 96 valence electrons. The second kappa shape index (κ2) is 7.29. The largest absolute Gasteiger partial charge is 0.317 e. The first-order chi connectivity index (χ1) is 7.76. The van der Waals surface area contributed by atoms with Gasteiger partial charge in [0.2, 0.25) is 0 Å². The van der Waals surface area contributed by atoms with Crippen molar-refractivity contribution < 1.29 is 0 Å². The molecule has 1 rings (SSSR count). The van der Waals surface area contributed by atoms with E-state index in [0.717, 1.165) is 6.54 Å². The Kier molecular flexibility index (Phi) is 6.37. The van der Waals surface area contributed by atoms with E-state index in [0.29, 0.717) is 5.41 Å². The number of hydrogen-bond acceptors (Lipinski definition) is 2. The standard InChI is InChI=1S/C14H30N2/c1-4-14(9-11-15-5-2)8-7-12-16(6-3)13-10-14/h15H,4-13H2,1-3H3. The molecule has 0 aromatic heterocycles. The molecule has 1 heterocycles. The van der Waals surface area contributed by atoms with Gasteiger partial charge in [-0.15, -0.1) is 0 Å². The lowest BCUT2D eigenvalue weighted by molar-refractivity contribution is 0.204. The Balaban J connectivity index is 2.44. The van der Waals surface area contributed by atoms with E-state index in [-0.39, 0.29) is 0 Å². The monoisotopic (exact) mass is 226 g/mol. The second-order valence-electron chi connectivity index (χ2n) is 5.24. The van der Waals surface area contributed by atoms with Gasteiger partial charge in [-0.2, -0.15) is 0 Å². The first kappa shape index (κ1) is 14.0. The minimum Gasteiger partial charge on any atom is -0.317 e. The van der Waals surface area contributed by atoms with Gasteiger partial charge >= 0.3 is 0 Å². The van der Waals surface area contributed by atoms with Crippen molar-refractivity contribution in [2.45, 2.75) is 52.9 Å². The highest BCUT2D eigenvalue weighted by atomic mass is 15.1. The number of nitrogens with one attached hydrogen (secondary N) is 1. The maximum Gasteiger partial charge on any atom is -0.00136 e. The molecule has 0 aliphatic carbocycles. The van der Waals surface area contributed by atoms with Crippen LogP contribution in [0, 0.1) is 5.41 Å². The summed E-state index contributed by atoms with van der Waals surface area (Å²) in [4.78, 5) is 2.62. The Hall–Kier alpha value is -0.0800. The molecule has 1 aliphatic heterocycles. The van der Waals surface area contributed by atoms with Crippen molar-refractivity contribution in [1.29, 1.82) is 0 Å². The van der Waals surface area contributed by atoms with Crippen LogP contribution in [-0.4, -0.2) is 37.6 Å². The Bertz CT molecular complexity index is 182. The lowest BCUT2D eigenvalue weighted by Gasteiger charge is -2.32. The molecule has 1 fully saturated rings. The predicted octanol–water partition coefficient (Wildman–Crippen LogP) is 2.89. The summed E-state index contributed by atoms with van der Waals surface area (Å²) >= 11 is 0. The number of hydrogen-bond donors (Lipinski definition) is 1. The van der Waals surface area contributed by atoms with Gasteiger partial charge in [-0.1, -0.05) is 27.2 Å². The lowest BCUT2D eigenvalue weighted by atomic mass is 9.75. The molecular weight excluding hydrogens is 196 g/mol. The average Bonchev–Trinajstić information content (AvgIpc) is 2.52. The van der Waals surface area contributed by atoms with Crippen molar-refractivity contribution in [2.75, 3.05) is 32.7 Å². The molecule has 0 amide bonds. The van der Waals surface area contributed by atoms with E-state index >= 15 is 0 Å². The van der Waals surface area contributed by atoms with Gasteiger partial charge < -0.3 is 10.2 Å². The minimum absolute atomic E-state index is 0.631. The lowest BCUT2D eigenvalue weighted by Crippen LogP contribution is -2.29. The number of rotatable bonds is 6. The molecule has 2 nitrogen and oxygen atoms in total. The SMILES string of the molecule is CCNCCC1(CC)CCCN(CC)CC1. The van der Waals surface area contributed by atoms with E-state index < -0.39 is 0 Å². The molecule has 1 unspecified atom stereocenters. The van der Waals surface area contributed by atoms with E-state index in [1.54, 1.807) is 0 Å². The maximum absolute atomic E-state index is 3.49. The van der Waals surface area contributed by atoms with Crippen molar-refractivity contribution in [3.05, 3.63) is 0 Å². The quantitative estimate of drug-likeness (QED) is 0.701. The third kappa shape index (κ3) is 4.06. The summed E-state index contributed by atoms with van der Waals surface area (Å²) in [7, 11) is 0. The van der Waals surface area contributed by atoms with Gasteiger partial charge in [-0.3, -0.25) is 0 Å². The zero-order chi connectivity index (χ0) is 11.9. The number of nitrogens with zero attached hydrogens (tertiary/aromatic N) is 1. The van der Waals surface area contributed by atoms with Crippen molar-refractivity contribution >= 4 is 0 Å². The summed E-state index contributed by atoms with van der Waals surface area (Å²) < 4.78 is 0. The summed E-state index contributed by atoms with van der Waals surface area (Å²) in [5.74, 6) is 0. The fourth-order valence-corrected chi connectivity index (χ4v) is 2.94. The van der Waals surface area contributed by atoms with E-state index in [1.165, 1.54) is 58.3 Å². The van der Waals surface area contributed by atoms with Crippen LogP contribution < -0.4 is 5.32 Å². The van der Waals surface area contributed by atoms with Crippen LogP contribution in [0.15, 0.2) is 0 Å². The molecule has 0 radical (unpaired) electrons. The summed E-state index contributed by atoms with van der Waals surface area (Å²) in [6.45, 7) is 13.1. The Morgan fingerprint density at radius 2 is 1.94 bits per heavy atom. The molecule has 1 N–H and O–H groups in total. The smallest absolute Gasteiger partial charge is 0.00136 e. The van der Waals surface area contributed by atoms with Crippen molar-refractivity contribution in [3.63, 3.8) is 0 Å². The molecule has 0 saturated carbocycles. The van der Waals surface area contributed by atoms with Gasteiger partial charge in [-0.25, -0.2) is 0 Å². The van der Waals surface area contributed by atoms with Crippen LogP contribution in [0.2, 0.25) is 0 Å². The fourth-order valence-electron chi connectivity index (χ4n) is 2.94. The summed E-state index contributed by atoms with van der Waals surface area (Å²) in [5, 5.41) is 3.49. The van der Waals surface area contributed by atoms with Crippen LogP contribution in [0.25, 0.3) is 0 Å². The van der Waals surface area contributed by atoms with Gasteiger partial charge in [0.05, 0.1) is 0 Å². The average molecular weight is 226 g/mol. The Morgan fingerprint density at radius 3 is 2.56 bits per heavy atom. The topological polar surface area (TPSA) is 15.3 Å². The molecular formula is C14H30N2. The third-order valence-electron chi connectivity index (χ3n) is 4.42. The molecule has 1 atom stereocenters.